The number of hydrogen-bond donors (Lipinski definition) is 0. The summed E-state index contributed by atoms with van der Waals surface area (Å²) in [7, 11) is 0. The lowest BCUT2D eigenvalue weighted by Crippen LogP contribution is -2.65. The number of esters is 4. The Labute approximate surface area is 168 Å². The molecule has 3 heterocycles. The van der Waals surface area contributed by atoms with Gasteiger partial charge >= 0.3 is 23.9 Å². The first-order chi connectivity index (χ1) is 13.8. The number of carbonyl (C=O) groups excluding carboxylic acids is 4. The minimum absolute atomic E-state index is 0.0107. The number of hydrogen-bond acceptors (Lipinski definition) is 10. The van der Waals surface area contributed by atoms with Crippen molar-refractivity contribution in [3.05, 3.63) is 0 Å². The van der Waals surface area contributed by atoms with Crippen molar-refractivity contribution in [1.82, 2.24) is 0 Å². The van der Waals surface area contributed by atoms with Crippen molar-refractivity contribution in [3.8, 4) is 0 Å². The van der Waals surface area contributed by atoms with Crippen LogP contribution in [0, 0.1) is 11.3 Å². The Morgan fingerprint density at radius 3 is 2.24 bits per heavy atom. The van der Waals surface area contributed by atoms with Crippen LogP contribution in [0.15, 0.2) is 0 Å². The molecule has 10 nitrogen and oxygen atoms in total. The molecule has 10 heteroatoms. The zero-order valence-corrected chi connectivity index (χ0v) is 16.8. The average molecular weight is 414 g/mol. The third-order valence-corrected chi connectivity index (χ3v) is 5.52. The van der Waals surface area contributed by atoms with Gasteiger partial charge in [-0.1, -0.05) is 0 Å². The molecule has 1 spiro atoms. The summed E-state index contributed by atoms with van der Waals surface area (Å²) in [5, 5.41) is 0. The van der Waals surface area contributed by atoms with Gasteiger partial charge in [0.15, 0.2) is 5.41 Å². The Morgan fingerprint density at radius 1 is 1.00 bits per heavy atom. The van der Waals surface area contributed by atoms with Crippen LogP contribution < -0.4 is 0 Å². The van der Waals surface area contributed by atoms with Crippen molar-refractivity contribution in [2.45, 2.75) is 58.0 Å². The maximum atomic E-state index is 12.9. The van der Waals surface area contributed by atoms with Crippen LogP contribution in [0.1, 0.15) is 46.5 Å². The average Bonchev–Trinajstić information content (AvgIpc) is 2.99. The van der Waals surface area contributed by atoms with Crippen molar-refractivity contribution in [3.63, 3.8) is 0 Å². The third kappa shape index (κ3) is 3.48. The molecule has 3 saturated heterocycles. The lowest BCUT2D eigenvalue weighted by Gasteiger charge is -2.51. The molecule has 0 N–H and O–H groups in total. The third-order valence-electron chi connectivity index (χ3n) is 5.52. The normalized spacial score (nSPS) is 32.9. The highest BCUT2D eigenvalue weighted by molar-refractivity contribution is 6.03. The summed E-state index contributed by atoms with van der Waals surface area (Å²) in [6, 6.07) is 0. The largest absolute Gasteiger partial charge is 0.465 e. The highest BCUT2D eigenvalue weighted by Crippen LogP contribution is 2.55. The fraction of sp³-hybridized carbons (Fsp3) is 0.789. The molecular weight excluding hydrogens is 388 g/mol. The van der Waals surface area contributed by atoms with Gasteiger partial charge in [-0.15, -0.1) is 0 Å². The molecule has 3 rings (SSSR count). The predicted molar refractivity (Wildman–Crippen MR) is 92.9 cm³/mol. The SMILES string of the molecule is CCOC(=O)C1(C(=O)OCC)CC(=O)O[C@@]2(C1)OCC[C@@]1(OCC)OC(=O)C[C@H]12. The molecule has 162 valence electrons. The Hall–Kier alpha value is -2.20. The van der Waals surface area contributed by atoms with E-state index in [9.17, 15) is 19.2 Å². The van der Waals surface area contributed by atoms with Gasteiger partial charge in [-0.3, -0.25) is 19.2 Å². The van der Waals surface area contributed by atoms with Gasteiger partial charge in [-0.2, -0.15) is 0 Å². The predicted octanol–water partition coefficient (Wildman–Crippen LogP) is 0.848. The Balaban J connectivity index is 2.06. The first-order valence-electron chi connectivity index (χ1n) is 9.83. The van der Waals surface area contributed by atoms with E-state index in [0.29, 0.717) is 0 Å². The molecule has 0 aromatic heterocycles. The molecule has 0 amide bonds. The van der Waals surface area contributed by atoms with Crippen molar-refractivity contribution < 1.29 is 47.6 Å². The molecule has 3 aliphatic rings. The topological polar surface area (TPSA) is 124 Å². The molecule has 0 aromatic rings. The summed E-state index contributed by atoms with van der Waals surface area (Å²) < 4.78 is 32.9. The highest BCUT2D eigenvalue weighted by Gasteiger charge is 2.71. The van der Waals surface area contributed by atoms with Crippen molar-refractivity contribution in [2.75, 3.05) is 26.4 Å². The van der Waals surface area contributed by atoms with Gasteiger partial charge in [0, 0.05) is 19.4 Å². The second-order valence-corrected chi connectivity index (χ2v) is 7.24. The molecule has 0 unspecified atom stereocenters. The standard InChI is InChI=1S/C19H26O10/c1-4-24-15(22)17(16(23)25-5-2)10-14(21)29-19(11-17)12-9-13(20)28-18(12,26-6-3)7-8-27-19/h12H,4-11H2,1-3H3/t12-,18-,19-/m1/s1. The molecule has 0 saturated carbocycles. The molecule has 29 heavy (non-hydrogen) atoms. The summed E-state index contributed by atoms with van der Waals surface area (Å²) in [6.45, 7) is 5.23. The number of rotatable bonds is 6. The number of ether oxygens (including phenoxy) is 6. The van der Waals surface area contributed by atoms with E-state index < -0.39 is 53.2 Å². The van der Waals surface area contributed by atoms with Gasteiger partial charge in [0.1, 0.15) is 5.92 Å². The minimum atomic E-state index is -1.94. The lowest BCUT2D eigenvalue weighted by atomic mass is 9.70. The van der Waals surface area contributed by atoms with Crippen molar-refractivity contribution in [2.24, 2.45) is 11.3 Å². The Bertz CT molecular complexity index is 681. The van der Waals surface area contributed by atoms with Gasteiger partial charge < -0.3 is 28.4 Å². The summed E-state index contributed by atoms with van der Waals surface area (Å²) in [5.41, 5.74) is -1.94. The minimum Gasteiger partial charge on any atom is -0.465 e. The summed E-state index contributed by atoms with van der Waals surface area (Å²) in [6.07, 6.45) is -0.796. The highest BCUT2D eigenvalue weighted by atomic mass is 16.8. The molecule has 3 aliphatic heterocycles. The van der Waals surface area contributed by atoms with Crippen LogP contribution in [-0.2, 0) is 47.6 Å². The van der Waals surface area contributed by atoms with Crippen molar-refractivity contribution >= 4 is 23.9 Å². The van der Waals surface area contributed by atoms with Crippen molar-refractivity contribution in [1.29, 1.82) is 0 Å². The van der Waals surface area contributed by atoms with E-state index in [1.54, 1.807) is 20.8 Å². The van der Waals surface area contributed by atoms with E-state index in [1.807, 2.05) is 0 Å². The molecule has 0 radical (unpaired) electrons. The van der Waals surface area contributed by atoms with E-state index in [1.165, 1.54) is 0 Å². The van der Waals surface area contributed by atoms with Crippen LogP contribution in [-0.4, -0.2) is 61.9 Å². The number of fused-ring (bicyclic) bond motifs is 2. The molecule has 3 fully saturated rings. The fourth-order valence-corrected chi connectivity index (χ4v) is 4.44. The van der Waals surface area contributed by atoms with E-state index in [4.69, 9.17) is 28.4 Å². The summed E-state index contributed by atoms with van der Waals surface area (Å²) in [5.74, 6) is -7.10. The number of carbonyl (C=O) groups is 4. The van der Waals surface area contributed by atoms with E-state index in [-0.39, 0.29) is 45.7 Å². The van der Waals surface area contributed by atoms with E-state index >= 15 is 0 Å². The van der Waals surface area contributed by atoms with Gasteiger partial charge in [-0.25, -0.2) is 0 Å². The molecule has 0 aliphatic carbocycles. The quantitative estimate of drug-likeness (QED) is 0.351. The molecule has 3 atom stereocenters. The van der Waals surface area contributed by atoms with Crippen LogP contribution in [0.3, 0.4) is 0 Å². The van der Waals surface area contributed by atoms with E-state index in [0.717, 1.165) is 0 Å². The Kier molecular flexibility index (Phi) is 5.86. The molecular formula is C19H26O10. The fourth-order valence-electron chi connectivity index (χ4n) is 4.44. The smallest absolute Gasteiger partial charge is 0.324 e. The zero-order valence-electron chi connectivity index (χ0n) is 16.8. The van der Waals surface area contributed by atoms with Gasteiger partial charge in [0.25, 0.3) is 0 Å². The Morgan fingerprint density at radius 2 is 1.66 bits per heavy atom. The van der Waals surface area contributed by atoms with E-state index in [2.05, 4.69) is 0 Å². The second kappa shape index (κ2) is 7.91. The van der Waals surface area contributed by atoms with Gasteiger partial charge in [0.05, 0.1) is 32.7 Å². The van der Waals surface area contributed by atoms with Gasteiger partial charge in [0.2, 0.25) is 11.6 Å². The van der Waals surface area contributed by atoms with Crippen LogP contribution >= 0.6 is 0 Å². The first kappa shape index (κ1) is 21.5. The lowest BCUT2D eigenvalue weighted by molar-refractivity contribution is -0.363. The molecule has 0 aromatic carbocycles. The van der Waals surface area contributed by atoms with Crippen LogP contribution in [0.2, 0.25) is 0 Å². The first-order valence-corrected chi connectivity index (χ1v) is 9.83. The maximum Gasteiger partial charge on any atom is 0.324 e. The zero-order chi connectivity index (χ0) is 21.3. The second-order valence-electron chi connectivity index (χ2n) is 7.24. The molecule has 0 bridgehead atoms. The maximum absolute atomic E-state index is 12.9. The van der Waals surface area contributed by atoms with Crippen LogP contribution in [0.4, 0.5) is 0 Å². The van der Waals surface area contributed by atoms with Crippen LogP contribution in [0.25, 0.3) is 0 Å². The monoisotopic (exact) mass is 414 g/mol. The summed E-state index contributed by atoms with van der Waals surface area (Å²) in [4.78, 5) is 50.5. The van der Waals surface area contributed by atoms with Gasteiger partial charge in [-0.05, 0) is 20.8 Å². The summed E-state index contributed by atoms with van der Waals surface area (Å²) >= 11 is 0. The van der Waals surface area contributed by atoms with Crippen LogP contribution in [0.5, 0.6) is 0 Å².